The van der Waals surface area contributed by atoms with Gasteiger partial charge in [0.25, 0.3) is 0 Å². The van der Waals surface area contributed by atoms with E-state index in [-0.39, 0.29) is 6.10 Å². The van der Waals surface area contributed by atoms with Crippen LogP contribution in [0.25, 0.3) is 5.70 Å². The summed E-state index contributed by atoms with van der Waals surface area (Å²) in [4.78, 5) is 7.11. The quantitative estimate of drug-likeness (QED) is 0.501. The number of piperidine rings is 1. The van der Waals surface area contributed by atoms with E-state index in [0.717, 1.165) is 50.3 Å². The first-order valence-corrected chi connectivity index (χ1v) is 11.7. The van der Waals surface area contributed by atoms with E-state index in [1.165, 1.54) is 0 Å². The van der Waals surface area contributed by atoms with Crippen molar-refractivity contribution in [1.29, 1.82) is 0 Å². The number of rotatable bonds is 8. The number of ether oxygens (including phenoxy) is 3. The van der Waals surface area contributed by atoms with Gasteiger partial charge in [0.15, 0.2) is 17.8 Å². The molecule has 0 aliphatic carbocycles. The Labute approximate surface area is 196 Å². The van der Waals surface area contributed by atoms with E-state index in [9.17, 15) is 0 Å². The molecule has 3 aliphatic rings. The predicted molar refractivity (Wildman–Crippen MR) is 129 cm³/mol. The van der Waals surface area contributed by atoms with Crippen LogP contribution in [0, 0.1) is 0 Å². The molecule has 2 atom stereocenters. The zero-order chi connectivity index (χ0) is 23.0. The summed E-state index contributed by atoms with van der Waals surface area (Å²) in [5.74, 6) is 1.30. The van der Waals surface area contributed by atoms with E-state index in [4.69, 9.17) is 24.9 Å². The van der Waals surface area contributed by atoms with Crippen molar-refractivity contribution in [1.82, 2.24) is 20.7 Å². The largest absolute Gasteiger partial charge is 0.483 e. The number of morpholine rings is 1. The number of likely N-dealkylation sites (N-methyl/N-ethyl adjacent to an activating group) is 1. The molecule has 180 valence electrons. The molecule has 4 N–H and O–H groups in total. The van der Waals surface area contributed by atoms with Gasteiger partial charge in [-0.1, -0.05) is 30.3 Å². The van der Waals surface area contributed by atoms with Gasteiger partial charge in [0, 0.05) is 32.4 Å². The van der Waals surface area contributed by atoms with Gasteiger partial charge in [0.05, 0.1) is 25.0 Å². The Morgan fingerprint density at radius 3 is 2.76 bits per heavy atom. The summed E-state index contributed by atoms with van der Waals surface area (Å²) in [6, 6.07) is 9.86. The number of benzene rings is 1. The lowest BCUT2D eigenvalue weighted by atomic mass is 10.1. The van der Waals surface area contributed by atoms with Crippen LogP contribution < -0.4 is 16.5 Å². The first kappa shape index (κ1) is 23.7. The van der Waals surface area contributed by atoms with Gasteiger partial charge in [-0.25, -0.2) is 15.4 Å². The number of hydrazine groups is 1. The second-order valence-corrected chi connectivity index (χ2v) is 8.59. The number of likely N-dealkylation sites (tertiary alicyclic amines) is 1. The van der Waals surface area contributed by atoms with E-state index >= 15 is 0 Å². The van der Waals surface area contributed by atoms with Gasteiger partial charge < -0.3 is 30.2 Å². The van der Waals surface area contributed by atoms with Crippen molar-refractivity contribution >= 4 is 11.4 Å². The zero-order valence-corrected chi connectivity index (χ0v) is 19.6. The molecule has 0 radical (unpaired) electrons. The van der Waals surface area contributed by atoms with Crippen molar-refractivity contribution < 1.29 is 14.2 Å². The molecule has 33 heavy (non-hydrogen) atoms. The van der Waals surface area contributed by atoms with Crippen LogP contribution in [0.2, 0.25) is 0 Å². The maximum absolute atomic E-state index is 6.55. The highest BCUT2D eigenvalue weighted by Crippen LogP contribution is 2.22. The minimum Gasteiger partial charge on any atom is -0.483 e. The topological polar surface area (TPSA) is 96.6 Å². The van der Waals surface area contributed by atoms with Gasteiger partial charge in [-0.05, 0) is 38.1 Å². The molecular formula is C24H36N6O3. The van der Waals surface area contributed by atoms with Crippen molar-refractivity contribution in [2.45, 2.75) is 25.2 Å². The summed E-state index contributed by atoms with van der Waals surface area (Å²) in [6.45, 7) is 5.28. The Hall–Kier alpha value is -2.43. The summed E-state index contributed by atoms with van der Waals surface area (Å²) in [5, 5.41) is 5.32. The molecule has 0 aromatic heterocycles. The molecule has 2 unspecified atom stereocenters. The van der Waals surface area contributed by atoms with Crippen molar-refractivity contribution in [2.24, 2.45) is 10.7 Å². The number of nitrogens with two attached hydrogens (primary N) is 1. The Balaban J connectivity index is 1.55. The Morgan fingerprint density at radius 2 is 2.03 bits per heavy atom. The average Bonchev–Trinajstić information content (AvgIpc) is 2.85. The molecule has 3 aliphatic heterocycles. The molecule has 3 heterocycles. The zero-order valence-electron chi connectivity index (χ0n) is 19.6. The third-order valence-corrected chi connectivity index (χ3v) is 5.99. The molecule has 1 aromatic carbocycles. The number of aliphatic imine (C=N–C) groups is 1. The highest BCUT2D eigenvalue weighted by atomic mass is 16.6. The van der Waals surface area contributed by atoms with Crippen molar-refractivity contribution in [3.8, 4) is 0 Å². The molecule has 0 spiro atoms. The highest BCUT2D eigenvalue weighted by Gasteiger charge is 2.31. The average molecular weight is 457 g/mol. The lowest BCUT2D eigenvalue weighted by molar-refractivity contribution is -0.105. The van der Waals surface area contributed by atoms with Gasteiger partial charge in [-0.2, -0.15) is 0 Å². The molecule has 2 fully saturated rings. The maximum Gasteiger partial charge on any atom is 0.184 e. The highest BCUT2D eigenvalue weighted by molar-refractivity contribution is 6.02. The van der Waals surface area contributed by atoms with Crippen molar-refractivity contribution in [3.63, 3.8) is 0 Å². The summed E-state index contributed by atoms with van der Waals surface area (Å²) >= 11 is 0. The standard InChI is InChI=1S/C24H36N6O3/c1-26-23-22(32-17-19(27-23)15-21(25)18-7-4-3-5-8-18)24(28-30-11-13-31-14-12-30)33-20-9-6-10-29(2)16-20/h3-5,7-8,15,20,24,26,28H,6,9-14,16-17,25H2,1-2H3/b21-15-. The Bertz CT molecular complexity index is 866. The summed E-state index contributed by atoms with van der Waals surface area (Å²) < 4.78 is 18.3. The minimum absolute atomic E-state index is 0.121. The monoisotopic (exact) mass is 456 g/mol. The van der Waals surface area contributed by atoms with Crippen LogP contribution in [0.4, 0.5) is 0 Å². The smallest absolute Gasteiger partial charge is 0.184 e. The fourth-order valence-corrected chi connectivity index (χ4v) is 4.23. The van der Waals surface area contributed by atoms with Crippen LogP contribution in [0.1, 0.15) is 18.4 Å². The number of hydrogen-bond donors (Lipinski definition) is 3. The summed E-state index contributed by atoms with van der Waals surface area (Å²) in [6.07, 6.45) is 3.69. The summed E-state index contributed by atoms with van der Waals surface area (Å²) in [7, 11) is 3.98. The predicted octanol–water partition coefficient (Wildman–Crippen LogP) is 1.12. The fourth-order valence-electron chi connectivity index (χ4n) is 4.23. The van der Waals surface area contributed by atoms with E-state index in [0.29, 0.717) is 37.1 Å². The second-order valence-electron chi connectivity index (χ2n) is 8.59. The SMILES string of the molecule is CNC1=C(C(NN2CCOCC2)OC2CCCN(C)C2)OCC(/C=C(\N)c2ccccc2)=N1. The van der Waals surface area contributed by atoms with Gasteiger partial charge in [-0.3, -0.25) is 0 Å². The van der Waals surface area contributed by atoms with Crippen molar-refractivity contribution in [2.75, 3.05) is 60.1 Å². The normalized spacial score (nSPS) is 24.2. The molecule has 0 amide bonds. The molecular weight excluding hydrogens is 420 g/mol. The lowest BCUT2D eigenvalue weighted by Crippen LogP contribution is -2.54. The van der Waals surface area contributed by atoms with E-state index in [1.54, 1.807) is 0 Å². The second kappa shape index (κ2) is 11.6. The fraction of sp³-hybridized carbons (Fsp3) is 0.542. The molecule has 1 aromatic rings. The molecule has 4 rings (SSSR count). The number of hydrogen-bond acceptors (Lipinski definition) is 9. The number of nitrogens with zero attached hydrogens (tertiary/aromatic N) is 3. The first-order chi connectivity index (χ1) is 16.1. The minimum atomic E-state index is -0.442. The van der Waals surface area contributed by atoms with E-state index < -0.39 is 6.23 Å². The van der Waals surface area contributed by atoms with Crippen LogP contribution in [-0.2, 0) is 14.2 Å². The third-order valence-electron chi connectivity index (χ3n) is 5.99. The van der Waals surface area contributed by atoms with Gasteiger partial charge in [0.2, 0.25) is 0 Å². The molecule has 9 nitrogen and oxygen atoms in total. The maximum atomic E-state index is 6.55. The van der Waals surface area contributed by atoms with Gasteiger partial charge in [0.1, 0.15) is 6.61 Å². The lowest BCUT2D eigenvalue weighted by Gasteiger charge is -2.37. The van der Waals surface area contributed by atoms with Crippen LogP contribution in [0.3, 0.4) is 0 Å². The third kappa shape index (κ3) is 6.55. The molecule has 0 saturated carbocycles. The van der Waals surface area contributed by atoms with Crippen LogP contribution in [-0.4, -0.2) is 88.0 Å². The summed E-state index contributed by atoms with van der Waals surface area (Å²) in [5.41, 5.74) is 12.2. The first-order valence-electron chi connectivity index (χ1n) is 11.7. The van der Waals surface area contributed by atoms with Gasteiger partial charge >= 0.3 is 0 Å². The van der Waals surface area contributed by atoms with Crippen LogP contribution in [0.5, 0.6) is 0 Å². The Morgan fingerprint density at radius 1 is 1.24 bits per heavy atom. The van der Waals surface area contributed by atoms with E-state index in [2.05, 4.69) is 27.7 Å². The molecule has 0 bridgehead atoms. The molecule has 9 heteroatoms. The van der Waals surface area contributed by atoms with Crippen molar-refractivity contribution in [3.05, 3.63) is 53.6 Å². The van der Waals surface area contributed by atoms with Crippen LogP contribution in [0.15, 0.2) is 53.0 Å². The van der Waals surface area contributed by atoms with Gasteiger partial charge in [-0.15, -0.1) is 0 Å². The van der Waals surface area contributed by atoms with Crippen LogP contribution >= 0.6 is 0 Å². The number of nitrogens with one attached hydrogen (secondary N) is 2. The Kier molecular flexibility index (Phi) is 8.35. The van der Waals surface area contributed by atoms with E-state index in [1.807, 2.05) is 43.5 Å². The molecule has 2 saturated heterocycles.